The molecule has 0 unspecified atom stereocenters. The van der Waals surface area contributed by atoms with Crippen LogP contribution in [0.2, 0.25) is 0 Å². The predicted octanol–water partition coefficient (Wildman–Crippen LogP) is 3.09. The van der Waals surface area contributed by atoms with Crippen molar-refractivity contribution in [2.24, 2.45) is 22.0 Å². The van der Waals surface area contributed by atoms with E-state index >= 15 is 0 Å². The maximum Gasteiger partial charge on any atom is 0.243 e. The molecule has 144 valence electrons. The SMILES string of the molecule is O=C(N/N=C/c1ccccc1)C1CCC(C(=O)N/N=C/c2ccccc2)CC1. The first-order valence-corrected chi connectivity index (χ1v) is 9.48. The number of rotatable bonds is 6. The summed E-state index contributed by atoms with van der Waals surface area (Å²) in [5, 5.41) is 8.03. The number of amides is 2. The van der Waals surface area contributed by atoms with E-state index in [1.54, 1.807) is 12.4 Å². The van der Waals surface area contributed by atoms with E-state index in [9.17, 15) is 9.59 Å². The molecule has 2 aromatic carbocycles. The maximum atomic E-state index is 12.2. The molecule has 0 saturated heterocycles. The van der Waals surface area contributed by atoms with Gasteiger partial charge in [-0.2, -0.15) is 10.2 Å². The molecule has 1 aliphatic carbocycles. The number of hydrogen-bond acceptors (Lipinski definition) is 4. The molecule has 0 radical (unpaired) electrons. The summed E-state index contributed by atoms with van der Waals surface area (Å²) in [5.74, 6) is -0.393. The number of nitrogens with one attached hydrogen (secondary N) is 2. The second-order valence-electron chi connectivity index (χ2n) is 6.84. The number of carbonyl (C=O) groups is 2. The van der Waals surface area contributed by atoms with Crippen molar-refractivity contribution >= 4 is 24.2 Å². The quantitative estimate of drug-likeness (QED) is 0.600. The minimum atomic E-state index is -0.107. The number of nitrogens with zero attached hydrogens (tertiary/aromatic N) is 2. The Morgan fingerprint density at radius 3 is 1.39 bits per heavy atom. The lowest BCUT2D eigenvalue weighted by Gasteiger charge is -2.25. The molecule has 0 heterocycles. The van der Waals surface area contributed by atoms with E-state index in [4.69, 9.17) is 0 Å². The van der Waals surface area contributed by atoms with Gasteiger partial charge in [0.25, 0.3) is 0 Å². The van der Waals surface area contributed by atoms with Crippen molar-refractivity contribution in [1.29, 1.82) is 0 Å². The van der Waals surface area contributed by atoms with E-state index < -0.39 is 0 Å². The van der Waals surface area contributed by atoms with Gasteiger partial charge in [-0.1, -0.05) is 60.7 Å². The standard InChI is InChI=1S/C22H24N4O2/c27-21(25-23-15-17-7-3-1-4-8-17)19-11-13-20(14-12-19)22(28)26-24-16-18-9-5-2-6-10-18/h1-10,15-16,19-20H,11-14H2,(H,25,27)(H,26,28)/b23-15+,24-16+. The van der Waals surface area contributed by atoms with E-state index in [1.807, 2.05) is 60.7 Å². The van der Waals surface area contributed by atoms with E-state index in [-0.39, 0.29) is 23.7 Å². The molecule has 2 aromatic rings. The summed E-state index contributed by atoms with van der Waals surface area (Å²) in [6, 6.07) is 19.2. The molecule has 0 bridgehead atoms. The van der Waals surface area contributed by atoms with Crippen molar-refractivity contribution in [3.05, 3.63) is 71.8 Å². The van der Waals surface area contributed by atoms with Crippen LogP contribution in [0.15, 0.2) is 70.9 Å². The highest BCUT2D eigenvalue weighted by Gasteiger charge is 2.29. The normalized spacial score (nSPS) is 19.6. The maximum absolute atomic E-state index is 12.2. The summed E-state index contributed by atoms with van der Waals surface area (Å²) < 4.78 is 0. The van der Waals surface area contributed by atoms with Gasteiger partial charge >= 0.3 is 0 Å². The monoisotopic (exact) mass is 376 g/mol. The summed E-state index contributed by atoms with van der Waals surface area (Å²) in [5.41, 5.74) is 7.07. The molecule has 0 atom stereocenters. The van der Waals surface area contributed by atoms with Gasteiger partial charge in [0.1, 0.15) is 0 Å². The number of carbonyl (C=O) groups excluding carboxylic acids is 2. The van der Waals surface area contributed by atoms with Gasteiger partial charge in [0.15, 0.2) is 0 Å². The Balaban J connectivity index is 1.39. The Hall–Kier alpha value is -3.28. The van der Waals surface area contributed by atoms with E-state index in [0.29, 0.717) is 25.7 Å². The van der Waals surface area contributed by atoms with Crippen molar-refractivity contribution in [3.8, 4) is 0 Å². The Labute approximate surface area is 164 Å². The first-order chi connectivity index (χ1) is 13.7. The van der Waals surface area contributed by atoms with Crippen molar-refractivity contribution < 1.29 is 9.59 Å². The number of benzene rings is 2. The summed E-state index contributed by atoms with van der Waals surface area (Å²) in [7, 11) is 0. The van der Waals surface area contributed by atoms with Crippen LogP contribution in [0.3, 0.4) is 0 Å². The van der Waals surface area contributed by atoms with Crippen molar-refractivity contribution in [3.63, 3.8) is 0 Å². The van der Waals surface area contributed by atoms with E-state index in [1.165, 1.54) is 0 Å². The third-order valence-corrected chi connectivity index (χ3v) is 4.84. The Morgan fingerprint density at radius 2 is 1.04 bits per heavy atom. The average molecular weight is 376 g/mol. The Kier molecular flexibility index (Phi) is 7.07. The van der Waals surface area contributed by atoms with Gasteiger partial charge in [-0.15, -0.1) is 0 Å². The summed E-state index contributed by atoms with van der Waals surface area (Å²) in [6.45, 7) is 0. The third-order valence-electron chi connectivity index (χ3n) is 4.84. The average Bonchev–Trinajstić information content (AvgIpc) is 2.75. The summed E-state index contributed by atoms with van der Waals surface area (Å²) in [6.07, 6.45) is 5.95. The van der Waals surface area contributed by atoms with Crippen molar-refractivity contribution in [2.75, 3.05) is 0 Å². The van der Waals surface area contributed by atoms with Crippen LogP contribution in [0, 0.1) is 11.8 Å². The molecule has 3 rings (SSSR count). The van der Waals surface area contributed by atoms with Gasteiger partial charge < -0.3 is 0 Å². The topological polar surface area (TPSA) is 82.9 Å². The molecule has 28 heavy (non-hydrogen) atoms. The molecule has 2 amide bonds. The zero-order valence-corrected chi connectivity index (χ0v) is 15.6. The Morgan fingerprint density at radius 1 is 0.679 bits per heavy atom. The van der Waals surface area contributed by atoms with Crippen LogP contribution >= 0.6 is 0 Å². The first-order valence-electron chi connectivity index (χ1n) is 9.48. The number of hydrazone groups is 2. The summed E-state index contributed by atoms with van der Waals surface area (Å²) in [4.78, 5) is 24.5. The second-order valence-corrected chi connectivity index (χ2v) is 6.84. The van der Waals surface area contributed by atoms with Crippen LogP contribution in [0.1, 0.15) is 36.8 Å². The largest absolute Gasteiger partial charge is 0.273 e. The molecule has 1 fully saturated rings. The van der Waals surface area contributed by atoms with Crippen LogP contribution in [0.4, 0.5) is 0 Å². The minimum Gasteiger partial charge on any atom is -0.273 e. The molecule has 1 saturated carbocycles. The van der Waals surface area contributed by atoms with E-state index in [2.05, 4.69) is 21.1 Å². The first kappa shape index (κ1) is 19.5. The van der Waals surface area contributed by atoms with Crippen LogP contribution in [0.5, 0.6) is 0 Å². The third kappa shape index (κ3) is 5.87. The highest BCUT2D eigenvalue weighted by molar-refractivity contribution is 5.85. The lowest BCUT2D eigenvalue weighted by Crippen LogP contribution is -2.35. The zero-order valence-electron chi connectivity index (χ0n) is 15.6. The molecule has 0 aromatic heterocycles. The van der Waals surface area contributed by atoms with Gasteiger partial charge in [0.05, 0.1) is 12.4 Å². The molecule has 0 aliphatic heterocycles. The molecule has 1 aliphatic rings. The highest BCUT2D eigenvalue weighted by atomic mass is 16.2. The fourth-order valence-corrected chi connectivity index (χ4v) is 3.22. The highest BCUT2D eigenvalue weighted by Crippen LogP contribution is 2.29. The summed E-state index contributed by atoms with van der Waals surface area (Å²) >= 11 is 0. The second kappa shape index (κ2) is 10.2. The molecule has 6 heteroatoms. The fraction of sp³-hybridized carbons (Fsp3) is 0.273. The lowest BCUT2D eigenvalue weighted by molar-refractivity contribution is -0.130. The molecular formula is C22H24N4O2. The Bertz CT molecular complexity index is 755. The minimum absolute atomic E-state index is 0.0897. The van der Waals surface area contributed by atoms with Crippen LogP contribution in [-0.4, -0.2) is 24.2 Å². The van der Waals surface area contributed by atoms with E-state index in [0.717, 1.165) is 11.1 Å². The van der Waals surface area contributed by atoms with Crippen molar-refractivity contribution in [2.45, 2.75) is 25.7 Å². The van der Waals surface area contributed by atoms with Gasteiger partial charge in [-0.3, -0.25) is 9.59 Å². The molecule has 0 spiro atoms. The lowest BCUT2D eigenvalue weighted by atomic mass is 9.81. The fourth-order valence-electron chi connectivity index (χ4n) is 3.22. The van der Waals surface area contributed by atoms with Crippen LogP contribution in [-0.2, 0) is 9.59 Å². The smallest absolute Gasteiger partial charge is 0.243 e. The predicted molar refractivity (Wildman–Crippen MR) is 110 cm³/mol. The van der Waals surface area contributed by atoms with Gasteiger partial charge in [-0.05, 0) is 36.8 Å². The van der Waals surface area contributed by atoms with Crippen molar-refractivity contribution in [1.82, 2.24) is 10.9 Å². The molecule has 6 nitrogen and oxygen atoms in total. The van der Waals surface area contributed by atoms with Gasteiger partial charge in [0, 0.05) is 11.8 Å². The number of hydrogen-bond donors (Lipinski definition) is 2. The van der Waals surface area contributed by atoms with Crippen LogP contribution < -0.4 is 10.9 Å². The van der Waals surface area contributed by atoms with Gasteiger partial charge in [0.2, 0.25) is 11.8 Å². The van der Waals surface area contributed by atoms with Gasteiger partial charge in [-0.25, -0.2) is 10.9 Å². The molecule has 2 N–H and O–H groups in total. The van der Waals surface area contributed by atoms with Crippen LogP contribution in [0.25, 0.3) is 0 Å². The zero-order chi connectivity index (χ0) is 19.6. The molecular weight excluding hydrogens is 352 g/mol.